The summed E-state index contributed by atoms with van der Waals surface area (Å²) in [5.74, 6) is -0.0877. The quantitative estimate of drug-likeness (QED) is 0.294. The van der Waals surface area contributed by atoms with Crippen molar-refractivity contribution in [1.29, 1.82) is 0 Å². The molecule has 2 rings (SSSR count). The van der Waals surface area contributed by atoms with Gasteiger partial charge in [0.2, 0.25) is 0 Å². The smallest absolute Gasteiger partial charge is 0.357 e. The SMILES string of the molecule is COc1ccccc1C(Nc1ccc(I)cc1C)P(=O)(OC(C)C)OC(C)C. The van der Waals surface area contributed by atoms with Crippen molar-refractivity contribution in [3.63, 3.8) is 0 Å². The summed E-state index contributed by atoms with van der Waals surface area (Å²) in [5.41, 5.74) is 2.65. The van der Waals surface area contributed by atoms with Crippen molar-refractivity contribution in [2.45, 2.75) is 52.6 Å². The second-order valence-corrected chi connectivity index (χ2v) is 10.4. The maximum Gasteiger partial charge on any atom is 0.357 e. The number of halogens is 1. The van der Waals surface area contributed by atoms with Crippen molar-refractivity contribution in [2.24, 2.45) is 0 Å². The van der Waals surface area contributed by atoms with Crippen LogP contribution in [0.3, 0.4) is 0 Å². The number of aryl methyl sites for hydroxylation is 1. The van der Waals surface area contributed by atoms with Gasteiger partial charge in [0.15, 0.2) is 5.78 Å². The van der Waals surface area contributed by atoms with Gasteiger partial charge in [-0.05, 0) is 87.0 Å². The lowest BCUT2D eigenvalue weighted by Crippen LogP contribution is -2.20. The Morgan fingerprint density at radius 1 is 1.00 bits per heavy atom. The predicted octanol–water partition coefficient (Wildman–Crippen LogP) is 6.76. The van der Waals surface area contributed by atoms with Crippen LogP contribution in [-0.2, 0) is 13.6 Å². The fraction of sp³-hybridized carbons (Fsp3) is 0.429. The van der Waals surface area contributed by atoms with E-state index in [4.69, 9.17) is 13.8 Å². The molecule has 7 heteroatoms. The lowest BCUT2D eigenvalue weighted by Gasteiger charge is -2.32. The minimum absolute atomic E-state index is 0.263. The largest absolute Gasteiger partial charge is 0.496 e. The molecule has 0 radical (unpaired) electrons. The third kappa shape index (κ3) is 5.96. The van der Waals surface area contributed by atoms with Gasteiger partial charge in [-0.25, -0.2) is 0 Å². The Balaban J connectivity index is 2.61. The molecule has 154 valence electrons. The number of rotatable bonds is 9. The van der Waals surface area contributed by atoms with E-state index >= 15 is 0 Å². The zero-order chi connectivity index (χ0) is 20.9. The zero-order valence-electron chi connectivity index (χ0n) is 17.2. The highest BCUT2D eigenvalue weighted by molar-refractivity contribution is 14.1. The number of ether oxygens (including phenoxy) is 1. The Morgan fingerprint density at radius 3 is 2.14 bits per heavy atom. The van der Waals surface area contributed by atoms with Gasteiger partial charge in [0.05, 0.1) is 19.3 Å². The average molecular weight is 517 g/mol. The summed E-state index contributed by atoms with van der Waals surface area (Å²) in [7, 11) is -1.99. The third-order valence-corrected chi connectivity index (χ3v) is 7.09. The minimum Gasteiger partial charge on any atom is -0.496 e. The number of para-hydroxylation sites is 1. The van der Waals surface area contributed by atoms with Crippen LogP contribution in [0.2, 0.25) is 0 Å². The molecule has 0 bridgehead atoms. The molecule has 1 unspecified atom stereocenters. The van der Waals surface area contributed by atoms with E-state index in [1.807, 2.05) is 71.0 Å². The molecule has 0 saturated heterocycles. The van der Waals surface area contributed by atoms with Gasteiger partial charge >= 0.3 is 7.60 Å². The average Bonchev–Trinajstić information content (AvgIpc) is 2.59. The summed E-state index contributed by atoms with van der Waals surface area (Å²) >= 11 is 2.27. The van der Waals surface area contributed by atoms with E-state index in [1.54, 1.807) is 7.11 Å². The molecule has 0 amide bonds. The zero-order valence-corrected chi connectivity index (χ0v) is 20.3. The van der Waals surface area contributed by atoms with E-state index in [0.717, 1.165) is 20.4 Å². The molecule has 0 aliphatic carbocycles. The van der Waals surface area contributed by atoms with E-state index < -0.39 is 13.4 Å². The van der Waals surface area contributed by atoms with Crippen molar-refractivity contribution in [3.8, 4) is 5.75 Å². The summed E-state index contributed by atoms with van der Waals surface area (Å²) < 4.78 is 32.5. The van der Waals surface area contributed by atoms with Gasteiger partial charge in [0.1, 0.15) is 5.75 Å². The second-order valence-electron chi connectivity index (χ2n) is 7.10. The first kappa shape index (κ1) is 23.2. The summed E-state index contributed by atoms with van der Waals surface area (Å²) in [6.45, 7) is 9.43. The Labute approximate surface area is 181 Å². The molecule has 0 fully saturated rings. The molecular weight excluding hydrogens is 488 g/mol. The minimum atomic E-state index is -3.59. The Hall–Kier alpha value is -1.08. The molecule has 2 aromatic rings. The van der Waals surface area contributed by atoms with E-state index in [0.29, 0.717) is 5.75 Å². The van der Waals surface area contributed by atoms with E-state index in [-0.39, 0.29) is 12.2 Å². The number of benzene rings is 2. The van der Waals surface area contributed by atoms with E-state index in [2.05, 4.69) is 34.0 Å². The molecule has 1 N–H and O–H groups in total. The molecule has 0 spiro atoms. The highest BCUT2D eigenvalue weighted by atomic mass is 127. The van der Waals surface area contributed by atoms with Crippen LogP contribution in [0.5, 0.6) is 5.75 Å². The van der Waals surface area contributed by atoms with Gasteiger partial charge in [-0.3, -0.25) is 4.57 Å². The lowest BCUT2D eigenvalue weighted by atomic mass is 10.1. The molecule has 28 heavy (non-hydrogen) atoms. The van der Waals surface area contributed by atoms with E-state index in [1.165, 1.54) is 0 Å². The number of anilines is 1. The summed E-state index contributed by atoms with van der Waals surface area (Å²) in [6.07, 6.45) is -0.525. The van der Waals surface area contributed by atoms with Crippen LogP contribution in [0.15, 0.2) is 42.5 Å². The molecule has 1 atom stereocenters. The standard InChI is InChI=1S/C21H29INO4P/c1-14(2)26-28(24,27-15(3)4)21(18-9-7-8-10-20(18)25-6)23-19-12-11-17(22)13-16(19)5/h7-15,21,23H,1-6H3. The van der Waals surface area contributed by atoms with Gasteiger partial charge in [-0.1, -0.05) is 18.2 Å². The first-order chi connectivity index (χ1) is 13.2. The maximum atomic E-state index is 14.0. The van der Waals surface area contributed by atoms with Crippen LogP contribution >= 0.6 is 30.2 Å². The third-order valence-electron chi connectivity index (χ3n) is 3.95. The van der Waals surface area contributed by atoms with Crippen LogP contribution in [0, 0.1) is 10.5 Å². The van der Waals surface area contributed by atoms with Crippen LogP contribution in [0.25, 0.3) is 0 Å². The molecule has 0 aromatic heterocycles. The highest BCUT2D eigenvalue weighted by Crippen LogP contribution is 2.63. The predicted molar refractivity (Wildman–Crippen MR) is 123 cm³/mol. The summed E-state index contributed by atoms with van der Waals surface area (Å²) in [6, 6.07) is 13.6. The monoisotopic (exact) mass is 517 g/mol. The highest BCUT2D eigenvalue weighted by Gasteiger charge is 2.41. The normalized spacial score (nSPS) is 13.0. The molecule has 5 nitrogen and oxygen atoms in total. The molecule has 0 aliphatic rings. The first-order valence-corrected chi connectivity index (χ1v) is 12.0. The summed E-state index contributed by atoms with van der Waals surface area (Å²) in [5, 5.41) is 3.42. The van der Waals surface area contributed by atoms with Gasteiger partial charge in [0, 0.05) is 14.8 Å². The van der Waals surface area contributed by atoms with Crippen LogP contribution < -0.4 is 10.1 Å². The fourth-order valence-corrected chi connectivity index (χ4v) is 5.86. The van der Waals surface area contributed by atoms with Crippen molar-refractivity contribution < 1.29 is 18.3 Å². The molecular formula is C21H29INO4P. The van der Waals surface area contributed by atoms with E-state index in [9.17, 15) is 4.57 Å². The molecule has 0 saturated carbocycles. The topological polar surface area (TPSA) is 56.8 Å². The van der Waals surface area contributed by atoms with Crippen LogP contribution in [-0.4, -0.2) is 19.3 Å². The number of hydrogen-bond donors (Lipinski definition) is 1. The van der Waals surface area contributed by atoms with Crippen molar-refractivity contribution in [1.82, 2.24) is 0 Å². The van der Waals surface area contributed by atoms with Crippen LogP contribution in [0.1, 0.15) is 44.6 Å². The van der Waals surface area contributed by atoms with Gasteiger partial charge in [-0.2, -0.15) is 0 Å². The Bertz CT molecular complexity index is 827. The number of nitrogens with one attached hydrogen (secondary N) is 1. The Kier molecular flexibility index (Phi) is 8.37. The van der Waals surface area contributed by atoms with Crippen molar-refractivity contribution in [3.05, 3.63) is 57.2 Å². The molecule has 0 aliphatic heterocycles. The van der Waals surface area contributed by atoms with Crippen molar-refractivity contribution >= 4 is 35.9 Å². The Morgan fingerprint density at radius 2 is 1.61 bits per heavy atom. The lowest BCUT2D eigenvalue weighted by molar-refractivity contribution is 0.138. The van der Waals surface area contributed by atoms with Crippen molar-refractivity contribution in [2.75, 3.05) is 12.4 Å². The molecule has 2 aromatic carbocycles. The van der Waals surface area contributed by atoms with Gasteiger partial charge < -0.3 is 19.1 Å². The number of methoxy groups -OCH3 is 1. The molecule has 0 heterocycles. The maximum absolute atomic E-state index is 14.0. The fourth-order valence-electron chi connectivity index (χ4n) is 2.89. The first-order valence-electron chi connectivity index (χ1n) is 9.28. The van der Waals surface area contributed by atoms with Gasteiger partial charge in [-0.15, -0.1) is 0 Å². The number of hydrogen-bond acceptors (Lipinski definition) is 5. The van der Waals surface area contributed by atoms with Crippen LogP contribution in [0.4, 0.5) is 5.69 Å². The second kappa shape index (κ2) is 10.1. The summed E-state index contributed by atoms with van der Waals surface area (Å²) in [4.78, 5) is 0. The van der Waals surface area contributed by atoms with Gasteiger partial charge in [0.25, 0.3) is 0 Å².